The number of nitrogens with zero attached hydrogens (tertiary/aromatic N) is 1. The van der Waals surface area contributed by atoms with E-state index in [-0.39, 0.29) is 30.4 Å². The summed E-state index contributed by atoms with van der Waals surface area (Å²) in [4.78, 5) is 24.4. The third-order valence-electron chi connectivity index (χ3n) is 2.52. The zero-order valence-corrected chi connectivity index (χ0v) is 8.74. The Labute approximate surface area is 83.2 Å². The van der Waals surface area contributed by atoms with E-state index in [1.807, 2.05) is 20.8 Å². The molecule has 1 heterocycles. The second-order valence-electron chi connectivity index (χ2n) is 4.98. The van der Waals surface area contributed by atoms with E-state index in [2.05, 4.69) is 0 Å². The smallest absolute Gasteiger partial charge is 0.410 e. The Bertz CT molecular complexity index is 292. The van der Waals surface area contributed by atoms with Crippen LogP contribution in [0.4, 0.5) is 4.79 Å². The number of hydrogen-bond acceptors (Lipinski definition) is 3. The lowest BCUT2D eigenvalue weighted by atomic mass is 10.2. The third kappa shape index (κ3) is 1.61. The molecule has 0 radical (unpaired) electrons. The van der Waals surface area contributed by atoms with E-state index < -0.39 is 5.60 Å². The van der Waals surface area contributed by atoms with Crippen molar-refractivity contribution in [1.82, 2.24) is 4.90 Å². The molecule has 78 valence electrons. The Morgan fingerprint density at radius 3 is 2.50 bits per heavy atom. The van der Waals surface area contributed by atoms with Crippen molar-refractivity contribution in [2.24, 2.45) is 5.92 Å². The van der Waals surface area contributed by atoms with Crippen molar-refractivity contribution in [1.29, 1.82) is 0 Å². The van der Waals surface area contributed by atoms with Gasteiger partial charge in [-0.3, -0.25) is 9.69 Å². The van der Waals surface area contributed by atoms with Crippen LogP contribution in [0.2, 0.25) is 0 Å². The second kappa shape index (κ2) is 2.72. The van der Waals surface area contributed by atoms with Gasteiger partial charge >= 0.3 is 6.09 Å². The topological polar surface area (TPSA) is 46.6 Å². The Kier molecular flexibility index (Phi) is 1.84. The van der Waals surface area contributed by atoms with Gasteiger partial charge in [-0.1, -0.05) is 0 Å². The highest BCUT2D eigenvalue weighted by molar-refractivity contribution is 5.93. The lowest BCUT2D eigenvalue weighted by Gasteiger charge is -2.24. The largest absolute Gasteiger partial charge is 0.444 e. The van der Waals surface area contributed by atoms with Crippen LogP contribution in [0, 0.1) is 5.92 Å². The van der Waals surface area contributed by atoms with Crippen LogP contribution in [0.1, 0.15) is 27.2 Å². The summed E-state index contributed by atoms with van der Waals surface area (Å²) < 4.78 is 5.20. The van der Waals surface area contributed by atoms with E-state index in [1.54, 1.807) is 4.90 Å². The number of piperidine rings is 1. The highest BCUT2D eigenvalue weighted by Crippen LogP contribution is 2.42. The minimum atomic E-state index is -0.479. The zero-order valence-electron chi connectivity index (χ0n) is 8.74. The van der Waals surface area contributed by atoms with Gasteiger partial charge in [0, 0.05) is 12.0 Å². The Hall–Kier alpha value is -1.06. The van der Waals surface area contributed by atoms with Crippen molar-refractivity contribution >= 4 is 11.9 Å². The molecule has 2 rings (SSSR count). The number of carbonyl (C=O) groups excluding carboxylic acids is 2. The summed E-state index contributed by atoms with van der Waals surface area (Å²) in [7, 11) is 0. The van der Waals surface area contributed by atoms with E-state index in [9.17, 15) is 9.59 Å². The molecule has 2 fully saturated rings. The number of amides is 1. The third-order valence-corrected chi connectivity index (χ3v) is 2.52. The SMILES string of the molecule is CC(C)(C)OC(=O)N1CC(=O)[C@H]2C[C@@H]21. The molecule has 14 heavy (non-hydrogen) atoms. The van der Waals surface area contributed by atoms with E-state index in [0.29, 0.717) is 0 Å². The van der Waals surface area contributed by atoms with Crippen molar-refractivity contribution in [3.8, 4) is 0 Å². The molecule has 0 bridgehead atoms. The molecule has 4 nitrogen and oxygen atoms in total. The van der Waals surface area contributed by atoms with E-state index in [1.165, 1.54) is 0 Å². The van der Waals surface area contributed by atoms with Gasteiger partial charge in [0.2, 0.25) is 0 Å². The van der Waals surface area contributed by atoms with Crippen molar-refractivity contribution in [2.75, 3.05) is 6.54 Å². The van der Waals surface area contributed by atoms with Crippen LogP contribution >= 0.6 is 0 Å². The normalized spacial score (nSPS) is 30.2. The molecule has 1 saturated heterocycles. The summed E-state index contributed by atoms with van der Waals surface area (Å²) in [5.41, 5.74) is -0.479. The maximum absolute atomic E-state index is 11.6. The minimum absolute atomic E-state index is 0.113. The predicted molar refractivity (Wildman–Crippen MR) is 49.8 cm³/mol. The fraction of sp³-hybridized carbons (Fsp3) is 0.800. The van der Waals surface area contributed by atoms with E-state index >= 15 is 0 Å². The summed E-state index contributed by atoms with van der Waals surface area (Å²) >= 11 is 0. The first-order valence-electron chi connectivity index (χ1n) is 4.91. The molecule has 0 aromatic carbocycles. The van der Waals surface area contributed by atoms with Gasteiger partial charge in [-0.05, 0) is 27.2 Å². The van der Waals surface area contributed by atoms with Crippen molar-refractivity contribution in [3.05, 3.63) is 0 Å². The molecule has 4 heteroatoms. The van der Waals surface area contributed by atoms with Crippen LogP contribution in [0.5, 0.6) is 0 Å². The molecule has 0 aromatic heterocycles. The fourth-order valence-corrected chi connectivity index (χ4v) is 1.79. The van der Waals surface area contributed by atoms with Crippen molar-refractivity contribution in [2.45, 2.75) is 38.8 Å². The molecule has 1 aliphatic heterocycles. The second-order valence-corrected chi connectivity index (χ2v) is 4.98. The summed E-state index contributed by atoms with van der Waals surface area (Å²) in [5.74, 6) is 0.295. The van der Waals surface area contributed by atoms with Crippen LogP contribution in [-0.4, -0.2) is 35.0 Å². The monoisotopic (exact) mass is 197 g/mol. The first kappa shape index (κ1) is 9.49. The molecule has 1 amide bonds. The van der Waals surface area contributed by atoms with Gasteiger partial charge in [-0.2, -0.15) is 0 Å². The Balaban J connectivity index is 1.97. The van der Waals surface area contributed by atoms with E-state index in [4.69, 9.17) is 4.74 Å². The molecule has 0 aromatic rings. The number of rotatable bonds is 0. The van der Waals surface area contributed by atoms with Gasteiger partial charge in [0.1, 0.15) is 5.60 Å². The van der Waals surface area contributed by atoms with Gasteiger partial charge in [-0.15, -0.1) is 0 Å². The zero-order chi connectivity index (χ0) is 10.5. The molecular formula is C10H15NO3. The molecule has 0 N–H and O–H groups in total. The number of ether oxygens (including phenoxy) is 1. The molecule has 1 aliphatic carbocycles. The van der Waals surface area contributed by atoms with Crippen LogP contribution < -0.4 is 0 Å². The number of carbonyl (C=O) groups is 2. The first-order chi connectivity index (χ1) is 6.38. The number of fused-ring (bicyclic) bond motifs is 1. The average Bonchev–Trinajstić information content (AvgIpc) is 2.69. The molecule has 1 saturated carbocycles. The van der Waals surface area contributed by atoms with Crippen molar-refractivity contribution < 1.29 is 14.3 Å². The highest BCUT2D eigenvalue weighted by atomic mass is 16.6. The molecular weight excluding hydrogens is 182 g/mol. The summed E-state index contributed by atoms with van der Waals surface area (Å²) in [6, 6.07) is 0.136. The lowest BCUT2D eigenvalue weighted by molar-refractivity contribution is -0.118. The molecule has 0 spiro atoms. The molecule has 2 atom stereocenters. The number of Topliss-reactive ketones (excluding diaryl/α,β-unsaturated/α-hetero) is 1. The van der Waals surface area contributed by atoms with Crippen LogP contribution in [0.15, 0.2) is 0 Å². The maximum atomic E-state index is 11.6. The standard InChI is InChI=1S/C10H15NO3/c1-10(2,3)14-9(13)11-5-8(12)6-4-7(6)11/h6-7H,4-5H2,1-3H3/t6-,7-/m0/s1. The quantitative estimate of drug-likeness (QED) is 0.586. The average molecular weight is 197 g/mol. The number of likely N-dealkylation sites (tertiary alicyclic amines) is 1. The van der Waals surface area contributed by atoms with Gasteiger partial charge in [0.15, 0.2) is 5.78 Å². The number of hydrogen-bond donors (Lipinski definition) is 0. The van der Waals surface area contributed by atoms with Gasteiger partial charge in [0.25, 0.3) is 0 Å². The molecule has 0 unspecified atom stereocenters. The first-order valence-corrected chi connectivity index (χ1v) is 4.91. The lowest BCUT2D eigenvalue weighted by Crippen LogP contribution is -2.37. The van der Waals surface area contributed by atoms with Gasteiger partial charge in [-0.25, -0.2) is 4.79 Å². The maximum Gasteiger partial charge on any atom is 0.410 e. The Morgan fingerprint density at radius 1 is 1.50 bits per heavy atom. The Morgan fingerprint density at radius 2 is 2.14 bits per heavy atom. The summed E-state index contributed by atoms with van der Waals surface area (Å²) in [6.07, 6.45) is 0.480. The predicted octanol–water partition coefficient (Wildman–Crippen LogP) is 1.19. The van der Waals surface area contributed by atoms with Crippen LogP contribution in [-0.2, 0) is 9.53 Å². The van der Waals surface area contributed by atoms with Crippen LogP contribution in [0.3, 0.4) is 0 Å². The summed E-state index contributed by atoms with van der Waals surface area (Å²) in [6.45, 7) is 5.72. The van der Waals surface area contributed by atoms with E-state index in [0.717, 1.165) is 6.42 Å². The fourth-order valence-electron chi connectivity index (χ4n) is 1.79. The number of ketones is 1. The molecule has 2 aliphatic rings. The summed E-state index contributed by atoms with van der Waals surface area (Å²) in [5, 5.41) is 0. The van der Waals surface area contributed by atoms with Crippen molar-refractivity contribution in [3.63, 3.8) is 0 Å². The van der Waals surface area contributed by atoms with Gasteiger partial charge in [0.05, 0.1) is 6.54 Å². The highest BCUT2D eigenvalue weighted by Gasteiger charge is 2.55. The van der Waals surface area contributed by atoms with Crippen LogP contribution in [0.25, 0.3) is 0 Å². The van der Waals surface area contributed by atoms with Gasteiger partial charge < -0.3 is 4.74 Å². The minimum Gasteiger partial charge on any atom is -0.444 e.